The van der Waals surface area contributed by atoms with Gasteiger partial charge in [0.2, 0.25) is 0 Å². The number of rotatable bonds is 5. The molecular formula is C12H14F2O9S. The number of carbonyl (C=O) groups is 3. The van der Waals surface area contributed by atoms with Gasteiger partial charge in [0.25, 0.3) is 0 Å². The molecule has 4 atom stereocenters. The van der Waals surface area contributed by atoms with Crippen molar-refractivity contribution in [2.45, 2.75) is 37.2 Å². The lowest BCUT2D eigenvalue weighted by molar-refractivity contribution is -0.171. The summed E-state index contributed by atoms with van der Waals surface area (Å²) in [5, 5.41) is -5.18. The summed E-state index contributed by atoms with van der Waals surface area (Å²) < 4.78 is 68.5. The fraction of sp³-hybridized carbons (Fsp3) is 0.750. The highest BCUT2D eigenvalue weighted by molar-refractivity contribution is 7.87. The van der Waals surface area contributed by atoms with Crippen molar-refractivity contribution in [1.82, 2.24) is 0 Å². The Morgan fingerprint density at radius 1 is 1.38 bits per heavy atom. The van der Waals surface area contributed by atoms with Gasteiger partial charge >= 0.3 is 33.3 Å². The quantitative estimate of drug-likeness (QED) is 0.399. The normalized spacial score (nSPS) is 29.8. The van der Waals surface area contributed by atoms with E-state index in [9.17, 15) is 31.6 Å². The monoisotopic (exact) mass is 372 g/mol. The van der Waals surface area contributed by atoms with E-state index in [1.54, 1.807) is 6.92 Å². The topological polar surface area (TPSA) is 133 Å². The maximum absolute atomic E-state index is 12.9. The Hall–Kier alpha value is -1.82. The van der Waals surface area contributed by atoms with Gasteiger partial charge < -0.3 is 14.2 Å². The second kappa shape index (κ2) is 6.24. The van der Waals surface area contributed by atoms with Gasteiger partial charge in [0, 0.05) is 5.92 Å². The Balaban J connectivity index is 1.83. The number of fused-ring (bicyclic) bond motifs is 1. The molecule has 0 aromatic carbocycles. The van der Waals surface area contributed by atoms with Crippen LogP contribution in [-0.4, -0.2) is 54.9 Å². The van der Waals surface area contributed by atoms with E-state index in [-0.39, 0.29) is 18.4 Å². The van der Waals surface area contributed by atoms with Crippen LogP contribution in [0.3, 0.4) is 0 Å². The van der Waals surface area contributed by atoms with Gasteiger partial charge in [-0.25, -0.2) is 9.59 Å². The van der Waals surface area contributed by atoms with Crippen molar-refractivity contribution in [3.05, 3.63) is 0 Å². The van der Waals surface area contributed by atoms with Gasteiger partial charge in [0.15, 0.2) is 6.61 Å². The van der Waals surface area contributed by atoms with Crippen molar-refractivity contribution >= 4 is 28.0 Å². The largest absolute Gasteiger partial charge is 0.465 e. The van der Waals surface area contributed by atoms with E-state index in [0.29, 0.717) is 6.42 Å². The Morgan fingerprint density at radius 3 is 2.54 bits per heavy atom. The third-order valence-electron chi connectivity index (χ3n) is 3.96. The van der Waals surface area contributed by atoms with Crippen LogP contribution in [0.2, 0.25) is 0 Å². The van der Waals surface area contributed by atoms with E-state index in [1.807, 2.05) is 0 Å². The predicted molar refractivity (Wildman–Crippen MR) is 69.1 cm³/mol. The summed E-state index contributed by atoms with van der Waals surface area (Å²) >= 11 is 0. The predicted octanol–water partition coefficient (Wildman–Crippen LogP) is -0.107. The van der Waals surface area contributed by atoms with E-state index >= 15 is 0 Å². The van der Waals surface area contributed by atoms with Crippen LogP contribution in [0.15, 0.2) is 0 Å². The number of cyclic esters (lactones) is 1. The Kier molecular flexibility index (Phi) is 4.81. The van der Waals surface area contributed by atoms with Gasteiger partial charge in [0.1, 0.15) is 12.2 Å². The van der Waals surface area contributed by atoms with E-state index in [4.69, 9.17) is 14.0 Å². The summed E-state index contributed by atoms with van der Waals surface area (Å²) in [5.74, 6) is -4.71. The number of carbonyl (C=O) groups excluding carboxylic acids is 3. The van der Waals surface area contributed by atoms with Crippen LogP contribution in [0.25, 0.3) is 0 Å². The first kappa shape index (κ1) is 18.5. The number of alkyl halides is 2. The van der Waals surface area contributed by atoms with Crippen molar-refractivity contribution in [3.63, 3.8) is 0 Å². The maximum Gasteiger partial charge on any atom is 0.465 e. The first-order chi connectivity index (χ1) is 10.9. The minimum atomic E-state index is -6.01. The van der Waals surface area contributed by atoms with Crippen LogP contribution in [0, 0.1) is 11.8 Å². The van der Waals surface area contributed by atoms with Gasteiger partial charge in [-0.05, 0) is 19.8 Å². The Bertz CT molecular complexity index is 659. The van der Waals surface area contributed by atoms with Gasteiger partial charge in [0.05, 0.1) is 5.92 Å². The van der Waals surface area contributed by atoms with Crippen LogP contribution < -0.4 is 0 Å². The molecule has 1 aliphatic heterocycles. The molecule has 0 spiro atoms. The summed E-state index contributed by atoms with van der Waals surface area (Å²) in [6.45, 7) is 0.446. The lowest BCUT2D eigenvalue weighted by atomic mass is 9.95. The first-order valence-corrected chi connectivity index (χ1v) is 8.29. The molecular weight excluding hydrogens is 358 g/mol. The molecule has 0 aromatic rings. The molecule has 24 heavy (non-hydrogen) atoms. The molecule has 136 valence electrons. The first-order valence-electron chi connectivity index (χ1n) is 6.85. The van der Waals surface area contributed by atoms with Gasteiger partial charge in [-0.2, -0.15) is 17.2 Å². The zero-order chi connectivity index (χ0) is 18.3. The lowest BCUT2D eigenvalue weighted by Crippen LogP contribution is -2.40. The van der Waals surface area contributed by atoms with Crippen LogP contribution >= 0.6 is 0 Å². The minimum Gasteiger partial charge on any atom is -0.462 e. The minimum absolute atomic E-state index is 0.123. The molecule has 1 N–H and O–H groups in total. The Morgan fingerprint density at radius 2 is 2.00 bits per heavy atom. The number of ether oxygens (including phenoxy) is 3. The van der Waals surface area contributed by atoms with Crippen molar-refractivity contribution in [1.29, 1.82) is 0 Å². The molecule has 1 aliphatic carbocycles. The molecule has 1 heterocycles. The molecule has 1 saturated heterocycles. The van der Waals surface area contributed by atoms with Crippen molar-refractivity contribution < 1.29 is 50.3 Å². The third kappa shape index (κ3) is 3.48. The number of esters is 3. The molecule has 0 aromatic heterocycles. The maximum atomic E-state index is 12.9. The zero-order valence-corrected chi connectivity index (χ0v) is 13.1. The van der Waals surface area contributed by atoms with Crippen molar-refractivity contribution in [2.24, 2.45) is 11.8 Å². The summed E-state index contributed by atoms with van der Waals surface area (Å²) in [5.41, 5.74) is 0. The fourth-order valence-corrected chi connectivity index (χ4v) is 3.07. The number of hydrogen-bond acceptors (Lipinski definition) is 8. The van der Waals surface area contributed by atoms with E-state index in [0.717, 1.165) is 0 Å². The summed E-state index contributed by atoms with van der Waals surface area (Å²) in [6, 6.07) is 0. The zero-order valence-electron chi connectivity index (χ0n) is 12.3. The third-order valence-corrected chi connectivity index (χ3v) is 4.77. The molecule has 2 fully saturated rings. The van der Waals surface area contributed by atoms with E-state index in [2.05, 4.69) is 4.74 Å². The van der Waals surface area contributed by atoms with Crippen LogP contribution in [0.5, 0.6) is 0 Å². The molecule has 0 amide bonds. The summed E-state index contributed by atoms with van der Waals surface area (Å²) in [7, 11) is -6.01. The number of hydrogen-bond donors (Lipinski definition) is 1. The molecule has 12 heteroatoms. The molecule has 0 radical (unpaired) electrons. The highest BCUT2D eigenvalue weighted by atomic mass is 32.2. The van der Waals surface area contributed by atoms with Gasteiger partial charge in [-0.3, -0.25) is 9.35 Å². The van der Waals surface area contributed by atoms with E-state index < -0.39 is 51.9 Å². The molecule has 2 aliphatic rings. The average molecular weight is 372 g/mol. The second-order valence-electron chi connectivity index (χ2n) is 5.56. The molecule has 1 saturated carbocycles. The van der Waals surface area contributed by atoms with Crippen LogP contribution in [0.4, 0.5) is 8.78 Å². The molecule has 0 bridgehead atoms. The summed E-state index contributed by atoms with van der Waals surface area (Å²) in [4.78, 5) is 33.9. The standard InChI is InChI=1S/C12H14F2O9S/c1-5-7-2-6(3-8(7)10(16)22-5)23-9(15)4-21-11(17)12(13,14)24(18,19)20/h5-8H,2-4H2,1H3,(H,18,19,20). The van der Waals surface area contributed by atoms with Gasteiger partial charge in [-0.15, -0.1) is 0 Å². The SMILES string of the molecule is CC1OC(=O)C2CC(OC(=O)COC(=O)C(F)(F)S(=O)(=O)O)CC12. The highest BCUT2D eigenvalue weighted by Crippen LogP contribution is 2.42. The van der Waals surface area contributed by atoms with E-state index in [1.165, 1.54) is 0 Å². The number of halogens is 2. The Labute approximate surface area is 135 Å². The lowest BCUT2D eigenvalue weighted by Gasteiger charge is -2.16. The smallest absolute Gasteiger partial charge is 0.462 e. The van der Waals surface area contributed by atoms with Crippen molar-refractivity contribution in [2.75, 3.05) is 6.61 Å². The molecule has 4 unspecified atom stereocenters. The fourth-order valence-electron chi connectivity index (χ4n) is 2.80. The average Bonchev–Trinajstić information content (AvgIpc) is 2.96. The summed E-state index contributed by atoms with van der Waals surface area (Å²) in [6.07, 6.45) is -0.450. The highest BCUT2D eigenvalue weighted by Gasteiger charge is 2.54. The molecule has 2 rings (SSSR count). The van der Waals surface area contributed by atoms with Crippen LogP contribution in [0.1, 0.15) is 19.8 Å². The van der Waals surface area contributed by atoms with Crippen molar-refractivity contribution in [3.8, 4) is 0 Å². The second-order valence-corrected chi connectivity index (χ2v) is 7.03. The van der Waals surface area contributed by atoms with Gasteiger partial charge in [-0.1, -0.05) is 0 Å². The van der Waals surface area contributed by atoms with Crippen LogP contribution in [-0.2, 0) is 38.7 Å². The molecule has 9 nitrogen and oxygen atoms in total.